The first-order valence-electron chi connectivity index (χ1n) is 6.39. The van der Waals surface area contributed by atoms with Crippen LogP contribution >= 0.6 is 0 Å². The summed E-state index contributed by atoms with van der Waals surface area (Å²) in [5.74, 6) is 0. The van der Waals surface area contributed by atoms with Crippen LogP contribution in [0.1, 0.15) is 27.2 Å². The third-order valence-electron chi connectivity index (χ3n) is 3.21. The van der Waals surface area contributed by atoms with Crippen LogP contribution in [0.2, 0.25) is 0 Å². The van der Waals surface area contributed by atoms with Crippen molar-refractivity contribution in [2.75, 3.05) is 19.7 Å². The molecule has 0 radical (unpaired) electrons. The van der Waals surface area contributed by atoms with Gasteiger partial charge in [-0.05, 0) is 20.8 Å². The van der Waals surface area contributed by atoms with Gasteiger partial charge in [0.05, 0.1) is 19.7 Å². The fourth-order valence-corrected chi connectivity index (χ4v) is 2.31. The summed E-state index contributed by atoms with van der Waals surface area (Å²) in [5.41, 5.74) is -2.10. The number of halogens is 3. The van der Waals surface area contributed by atoms with Crippen LogP contribution in [0.25, 0.3) is 0 Å². The third kappa shape index (κ3) is 3.26. The van der Waals surface area contributed by atoms with Crippen LogP contribution in [0.3, 0.4) is 0 Å². The number of hydrogen-bond acceptors (Lipinski definition) is 3. The maximum absolute atomic E-state index is 12.7. The smallest absolute Gasteiger partial charge is 0.412 e. The van der Waals surface area contributed by atoms with Crippen LogP contribution < -0.4 is 0 Å². The Morgan fingerprint density at radius 2 is 1.95 bits per heavy atom. The van der Waals surface area contributed by atoms with E-state index in [2.05, 4.69) is 0 Å². The molecule has 1 spiro atoms. The van der Waals surface area contributed by atoms with Crippen molar-refractivity contribution in [1.82, 2.24) is 4.90 Å². The number of likely N-dealkylation sites (tertiary alicyclic amines) is 1. The lowest BCUT2D eigenvalue weighted by Crippen LogP contribution is -2.66. The Labute approximate surface area is 115 Å². The van der Waals surface area contributed by atoms with Crippen LogP contribution in [0.4, 0.5) is 18.0 Å². The largest absolute Gasteiger partial charge is 0.444 e. The van der Waals surface area contributed by atoms with Crippen molar-refractivity contribution >= 4 is 6.09 Å². The van der Waals surface area contributed by atoms with Gasteiger partial charge in [-0.15, -0.1) is 0 Å². The second kappa shape index (κ2) is 4.65. The molecular weight excluding hydrogens is 275 g/mol. The van der Waals surface area contributed by atoms with Gasteiger partial charge in [0.2, 0.25) is 0 Å². The summed E-state index contributed by atoms with van der Waals surface area (Å²) in [6, 6.07) is 0. The van der Waals surface area contributed by atoms with Gasteiger partial charge in [0.1, 0.15) is 11.2 Å². The van der Waals surface area contributed by atoms with E-state index in [0.717, 1.165) is 6.08 Å². The average molecular weight is 293 g/mol. The van der Waals surface area contributed by atoms with E-state index in [1.54, 1.807) is 20.8 Å². The second-order valence-corrected chi connectivity index (χ2v) is 6.23. The van der Waals surface area contributed by atoms with Gasteiger partial charge in [-0.25, -0.2) is 4.79 Å². The van der Waals surface area contributed by atoms with Crippen LogP contribution in [-0.2, 0) is 9.47 Å². The molecule has 2 rings (SSSR count). The highest BCUT2D eigenvalue weighted by molar-refractivity contribution is 5.69. The average Bonchev–Trinajstić information content (AvgIpc) is 2.22. The number of nitrogens with zero attached hydrogens (tertiary/aromatic N) is 1. The molecule has 4 nitrogen and oxygen atoms in total. The van der Waals surface area contributed by atoms with Gasteiger partial charge in [-0.3, -0.25) is 0 Å². The third-order valence-corrected chi connectivity index (χ3v) is 3.21. The minimum absolute atomic E-state index is 0.0724. The molecule has 0 bridgehead atoms. The van der Waals surface area contributed by atoms with E-state index in [4.69, 9.17) is 9.47 Å². The van der Waals surface area contributed by atoms with E-state index in [0.29, 0.717) is 0 Å². The molecule has 2 heterocycles. The Morgan fingerprint density at radius 3 is 2.45 bits per heavy atom. The minimum atomic E-state index is -4.33. The summed E-state index contributed by atoms with van der Waals surface area (Å²) >= 11 is 0. The summed E-state index contributed by atoms with van der Waals surface area (Å²) in [4.78, 5) is 13.1. The van der Waals surface area contributed by atoms with Gasteiger partial charge in [-0.1, -0.05) is 6.08 Å². The predicted octanol–water partition coefficient (Wildman–Crippen LogP) is 2.88. The fraction of sp³-hybridized carbons (Fsp3) is 0.769. The Morgan fingerprint density at radius 1 is 1.35 bits per heavy atom. The lowest BCUT2D eigenvalue weighted by molar-refractivity contribution is -0.157. The van der Waals surface area contributed by atoms with Gasteiger partial charge in [0.15, 0.2) is 0 Å². The quantitative estimate of drug-likeness (QED) is 0.645. The number of rotatable bonds is 0. The fourth-order valence-electron chi connectivity index (χ4n) is 2.31. The molecule has 0 aromatic carbocycles. The molecule has 0 aromatic heterocycles. The lowest BCUT2D eigenvalue weighted by atomic mass is 9.85. The maximum atomic E-state index is 12.7. The first kappa shape index (κ1) is 15.2. The molecule has 0 unspecified atom stereocenters. The maximum Gasteiger partial charge on any atom is 0.412 e. The van der Waals surface area contributed by atoms with E-state index >= 15 is 0 Å². The zero-order valence-corrected chi connectivity index (χ0v) is 11.7. The number of amides is 1. The number of carbonyl (C=O) groups is 1. The molecular formula is C13H18F3NO3. The Bertz CT molecular complexity index is 431. The molecule has 114 valence electrons. The summed E-state index contributed by atoms with van der Waals surface area (Å²) in [7, 11) is 0. The Kier molecular flexibility index (Phi) is 3.52. The Hall–Kier alpha value is -1.24. The van der Waals surface area contributed by atoms with Crippen molar-refractivity contribution < 1.29 is 27.4 Å². The molecule has 0 aromatic rings. The summed E-state index contributed by atoms with van der Waals surface area (Å²) in [6.07, 6.45) is -4.00. The van der Waals surface area contributed by atoms with Crippen LogP contribution in [0.15, 0.2) is 11.6 Å². The molecule has 20 heavy (non-hydrogen) atoms. The van der Waals surface area contributed by atoms with Crippen molar-refractivity contribution in [1.29, 1.82) is 0 Å². The first-order valence-corrected chi connectivity index (χ1v) is 6.39. The van der Waals surface area contributed by atoms with Crippen LogP contribution in [0.5, 0.6) is 0 Å². The number of hydrogen-bond donors (Lipinski definition) is 0. The number of carbonyl (C=O) groups excluding carboxylic acids is 1. The highest BCUT2D eigenvalue weighted by Crippen LogP contribution is 2.40. The second-order valence-electron chi connectivity index (χ2n) is 6.23. The Balaban J connectivity index is 1.93. The standard InChI is InChI=1S/C13H18F3NO3/c1-11(2,3)20-10(18)17-7-12(8-17)6-9(4-5-19-12)13(14,15)16/h4H,5-8H2,1-3H3. The van der Waals surface area contributed by atoms with Crippen LogP contribution in [-0.4, -0.2) is 48.1 Å². The lowest BCUT2D eigenvalue weighted by Gasteiger charge is -2.51. The van der Waals surface area contributed by atoms with E-state index in [1.165, 1.54) is 4.90 Å². The van der Waals surface area contributed by atoms with E-state index in [-0.39, 0.29) is 26.1 Å². The van der Waals surface area contributed by atoms with Crippen LogP contribution in [0, 0.1) is 0 Å². The molecule has 1 amide bonds. The first-order chi connectivity index (χ1) is 9.01. The summed E-state index contributed by atoms with van der Waals surface area (Å²) in [6.45, 7) is 5.41. The van der Waals surface area contributed by atoms with Crippen molar-refractivity contribution in [3.05, 3.63) is 11.6 Å². The van der Waals surface area contributed by atoms with E-state index in [9.17, 15) is 18.0 Å². The molecule has 1 fully saturated rings. The highest BCUT2D eigenvalue weighted by Gasteiger charge is 2.52. The topological polar surface area (TPSA) is 38.8 Å². The molecule has 7 heteroatoms. The normalized spacial score (nSPS) is 22.3. The zero-order valence-electron chi connectivity index (χ0n) is 11.7. The van der Waals surface area contributed by atoms with Gasteiger partial charge in [0.25, 0.3) is 0 Å². The molecule has 0 saturated carbocycles. The molecule has 0 N–H and O–H groups in total. The number of ether oxygens (including phenoxy) is 2. The molecule has 1 saturated heterocycles. The van der Waals surface area contributed by atoms with Gasteiger partial charge in [-0.2, -0.15) is 13.2 Å². The number of alkyl halides is 3. The van der Waals surface area contributed by atoms with Crippen molar-refractivity contribution in [3.8, 4) is 0 Å². The highest BCUT2D eigenvalue weighted by atomic mass is 19.4. The predicted molar refractivity (Wildman–Crippen MR) is 65.2 cm³/mol. The monoisotopic (exact) mass is 293 g/mol. The molecule has 2 aliphatic rings. The molecule has 0 atom stereocenters. The summed E-state index contributed by atoms with van der Waals surface area (Å²) in [5, 5.41) is 0. The zero-order chi connectivity index (χ0) is 15.2. The SMILES string of the molecule is CC(C)(C)OC(=O)N1CC2(CC(C(F)(F)F)=CCO2)C1. The van der Waals surface area contributed by atoms with Crippen molar-refractivity contribution in [2.24, 2.45) is 0 Å². The van der Waals surface area contributed by atoms with Gasteiger partial charge < -0.3 is 14.4 Å². The molecule has 0 aliphatic carbocycles. The molecule has 2 aliphatic heterocycles. The summed E-state index contributed by atoms with van der Waals surface area (Å²) < 4.78 is 48.7. The van der Waals surface area contributed by atoms with Gasteiger partial charge in [0, 0.05) is 12.0 Å². The van der Waals surface area contributed by atoms with Crippen molar-refractivity contribution in [2.45, 2.75) is 44.6 Å². The van der Waals surface area contributed by atoms with E-state index < -0.39 is 29.0 Å². The van der Waals surface area contributed by atoms with Crippen molar-refractivity contribution in [3.63, 3.8) is 0 Å². The van der Waals surface area contributed by atoms with E-state index in [1.807, 2.05) is 0 Å². The minimum Gasteiger partial charge on any atom is -0.444 e. The van der Waals surface area contributed by atoms with Gasteiger partial charge >= 0.3 is 12.3 Å².